The smallest absolute Gasteiger partial charge is 0.223 e. The second-order valence-corrected chi connectivity index (χ2v) is 6.78. The molecule has 3 rings (SSSR count). The van der Waals surface area contributed by atoms with Crippen LogP contribution in [-0.4, -0.2) is 15.9 Å². The minimum absolute atomic E-state index is 0.192. The first-order valence-corrected chi connectivity index (χ1v) is 8.97. The van der Waals surface area contributed by atoms with Gasteiger partial charge < -0.3 is 10.3 Å². The molecular formula is C19H27N3O. The highest BCUT2D eigenvalue weighted by Gasteiger charge is 2.25. The van der Waals surface area contributed by atoms with E-state index in [0.29, 0.717) is 6.54 Å². The number of benzene rings is 1. The lowest BCUT2D eigenvalue weighted by Gasteiger charge is -2.27. The van der Waals surface area contributed by atoms with Crippen LogP contribution >= 0.6 is 0 Å². The van der Waals surface area contributed by atoms with Crippen molar-refractivity contribution in [1.29, 1.82) is 0 Å². The van der Waals surface area contributed by atoms with Gasteiger partial charge in [0.2, 0.25) is 5.91 Å². The van der Waals surface area contributed by atoms with E-state index in [-0.39, 0.29) is 11.8 Å². The molecule has 0 radical (unpaired) electrons. The molecule has 1 aromatic heterocycles. The van der Waals surface area contributed by atoms with Gasteiger partial charge in [0.05, 0.1) is 17.6 Å². The van der Waals surface area contributed by atoms with Crippen molar-refractivity contribution in [3.8, 4) is 0 Å². The molecule has 2 N–H and O–H groups in total. The number of fused-ring (bicyclic) bond motifs is 1. The summed E-state index contributed by atoms with van der Waals surface area (Å²) >= 11 is 0. The molecule has 1 amide bonds. The van der Waals surface area contributed by atoms with Crippen LogP contribution in [0.2, 0.25) is 0 Å². The van der Waals surface area contributed by atoms with E-state index in [1.165, 1.54) is 32.1 Å². The molecule has 4 nitrogen and oxygen atoms in total. The Morgan fingerprint density at radius 1 is 1.26 bits per heavy atom. The van der Waals surface area contributed by atoms with Crippen molar-refractivity contribution in [2.75, 3.05) is 0 Å². The first-order valence-electron chi connectivity index (χ1n) is 8.97. The number of aromatic nitrogens is 2. The number of nitrogens with one attached hydrogen (secondary N) is 2. The summed E-state index contributed by atoms with van der Waals surface area (Å²) in [6.07, 6.45) is 8.45. The number of unbranched alkanes of at least 4 members (excludes halogenated alkanes) is 1. The fourth-order valence-corrected chi connectivity index (χ4v) is 3.61. The summed E-state index contributed by atoms with van der Waals surface area (Å²) < 4.78 is 0. The summed E-state index contributed by atoms with van der Waals surface area (Å²) in [6.45, 7) is 2.74. The summed E-state index contributed by atoms with van der Waals surface area (Å²) in [6, 6.07) is 7.95. The van der Waals surface area contributed by atoms with Gasteiger partial charge in [-0.05, 0) is 43.7 Å². The molecule has 1 aromatic carbocycles. The van der Waals surface area contributed by atoms with Gasteiger partial charge in [-0.2, -0.15) is 0 Å². The van der Waals surface area contributed by atoms with Gasteiger partial charge in [0.25, 0.3) is 0 Å². The van der Waals surface area contributed by atoms with E-state index in [2.05, 4.69) is 22.2 Å². The highest BCUT2D eigenvalue weighted by atomic mass is 16.1. The number of para-hydroxylation sites is 2. The Morgan fingerprint density at radius 3 is 2.78 bits per heavy atom. The molecule has 1 saturated carbocycles. The summed E-state index contributed by atoms with van der Waals surface area (Å²) in [5, 5.41) is 3.05. The second kappa shape index (κ2) is 7.62. The number of carbonyl (C=O) groups is 1. The number of hydrogen-bond acceptors (Lipinski definition) is 2. The maximum Gasteiger partial charge on any atom is 0.223 e. The Labute approximate surface area is 138 Å². The number of H-pyrrole nitrogens is 1. The lowest BCUT2D eigenvalue weighted by molar-refractivity contribution is -0.126. The zero-order chi connectivity index (χ0) is 16.1. The molecule has 124 valence electrons. The van der Waals surface area contributed by atoms with E-state index in [0.717, 1.165) is 35.6 Å². The molecule has 1 aliphatic rings. The standard InChI is InChI=1S/C19H27N3O/c1-2-3-6-14-9-11-15(12-10-14)19(23)20-13-18-21-16-7-4-5-8-17(16)22-18/h4-5,7-8,14-15H,2-3,6,9-13H2,1H3,(H,20,23)(H,21,22). The normalized spacial score (nSPS) is 21.4. The minimum Gasteiger partial charge on any atom is -0.349 e. The van der Waals surface area contributed by atoms with E-state index in [1.54, 1.807) is 0 Å². The van der Waals surface area contributed by atoms with Crippen LogP contribution < -0.4 is 5.32 Å². The van der Waals surface area contributed by atoms with Crippen LogP contribution in [0.25, 0.3) is 11.0 Å². The van der Waals surface area contributed by atoms with Gasteiger partial charge in [0.15, 0.2) is 0 Å². The molecule has 0 saturated heterocycles. The number of amides is 1. The molecule has 2 aromatic rings. The van der Waals surface area contributed by atoms with Gasteiger partial charge in [-0.1, -0.05) is 38.3 Å². The molecule has 0 aliphatic heterocycles. The van der Waals surface area contributed by atoms with Crippen LogP contribution in [-0.2, 0) is 11.3 Å². The van der Waals surface area contributed by atoms with Crippen molar-refractivity contribution in [2.45, 2.75) is 58.4 Å². The predicted molar refractivity (Wildman–Crippen MR) is 92.9 cm³/mol. The Balaban J connectivity index is 1.46. The minimum atomic E-state index is 0.192. The van der Waals surface area contributed by atoms with Crippen LogP contribution in [0.4, 0.5) is 0 Å². The number of nitrogens with zero attached hydrogens (tertiary/aromatic N) is 1. The highest BCUT2D eigenvalue weighted by molar-refractivity contribution is 5.79. The molecule has 1 aliphatic carbocycles. The predicted octanol–water partition coefficient (Wildman–Crippen LogP) is 4.18. The fraction of sp³-hybridized carbons (Fsp3) is 0.579. The van der Waals surface area contributed by atoms with Crippen LogP contribution in [0.3, 0.4) is 0 Å². The summed E-state index contributed by atoms with van der Waals surface area (Å²) in [5.74, 6) is 2.06. The third kappa shape index (κ3) is 4.12. The largest absolute Gasteiger partial charge is 0.349 e. The molecule has 1 heterocycles. The zero-order valence-electron chi connectivity index (χ0n) is 14.0. The molecule has 0 atom stereocenters. The highest BCUT2D eigenvalue weighted by Crippen LogP contribution is 2.32. The Kier molecular flexibility index (Phi) is 5.31. The van der Waals surface area contributed by atoms with Crippen LogP contribution in [0.5, 0.6) is 0 Å². The third-order valence-electron chi connectivity index (χ3n) is 5.05. The Hall–Kier alpha value is -1.84. The number of carbonyl (C=O) groups excluding carboxylic acids is 1. The molecule has 0 bridgehead atoms. The van der Waals surface area contributed by atoms with Gasteiger partial charge in [0.1, 0.15) is 5.82 Å². The van der Waals surface area contributed by atoms with Crippen molar-refractivity contribution in [3.05, 3.63) is 30.1 Å². The number of imidazole rings is 1. The van der Waals surface area contributed by atoms with Crippen LogP contribution in [0.15, 0.2) is 24.3 Å². The molecule has 1 fully saturated rings. The van der Waals surface area contributed by atoms with E-state index < -0.39 is 0 Å². The summed E-state index contributed by atoms with van der Waals surface area (Å²) in [4.78, 5) is 20.1. The first kappa shape index (κ1) is 16.0. The third-order valence-corrected chi connectivity index (χ3v) is 5.05. The lowest BCUT2D eigenvalue weighted by Crippen LogP contribution is -2.33. The zero-order valence-corrected chi connectivity index (χ0v) is 14.0. The average molecular weight is 313 g/mol. The summed E-state index contributed by atoms with van der Waals surface area (Å²) in [5.41, 5.74) is 1.97. The first-order chi connectivity index (χ1) is 11.3. The number of aromatic amines is 1. The number of hydrogen-bond donors (Lipinski definition) is 2. The van der Waals surface area contributed by atoms with Gasteiger partial charge in [-0.3, -0.25) is 4.79 Å². The fourth-order valence-electron chi connectivity index (χ4n) is 3.61. The molecule has 23 heavy (non-hydrogen) atoms. The van der Waals surface area contributed by atoms with E-state index in [9.17, 15) is 4.79 Å². The van der Waals surface area contributed by atoms with Crippen molar-refractivity contribution in [3.63, 3.8) is 0 Å². The Bertz CT molecular complexity index is 608. The SMILES string of the molecule is CCCCC1CCC(C(=O)NCc2nc3ccccc3[nH]2)CC1. The van der Waals surface area contributed by atoms with E-state index in [4.69, 9.17) is 0 Å². The maximum absolute atomic E-state index is 12.4. The van der Waals surface area contributed by atoms with E-state index in [1.807, 2.05) is 24.3 Å². The maximum atomic E-state index is 12.4. The van der Waals surface area contributed by atoms with Crippen molar-refractivity contribution in [2.24, 2.45) is 11.8 Å². The summed E-state index contributed by atoms with van der Waals surface area (Å²) in [7, 11) is 0. The molecule has 4 heteroatoms. The monoisotopic (exact) mass is 313 g/mol. The molecule has 0 unspecified atom stereocenters. The van der Waals surface area contributed by atoms with Gasteiger partial charge in [0, 0.05) is 5.92 Å². The second-order valence-electron chi connectivity index (χ2n) is 6.78. The van der Waals surface area contributed by atoms with Crippen molar-refractivity contribution < 1.29 is 4.79 Å². The average Bonchev–Trinajstić information content (AvgIpc) is 3.01. The van der Waals surface area contributed by atoms with Gasteiger partial charge >= 0.3 is 0 Å². The molecule has 0 spiro atoms. The van der Waals surface area contributed by atoms with Crippen LogP contribution in [0, 0.1) is 11.8 Å². The topological polar surface area (TPSA) is 57.8 Å². The Morgan fingerprint density at radius 2 is 2.04 bits per heavy atom. The quantitative estimate of drug-likeness (QED) is 0.840. The van der Waals surface area contributed by atoms with Crippen LogP contribution in [0.1, 0.15) is 57.7 Å². The number of rotatable bonds is 6. The lowest BCUT2D eigenvalue weighted by atomic mass is 9.79. The van der Waals surface area contributed by atoms with Crippen molar-refractivity contribution in [1.82, 2.24) is 15.3 Å². The van der Waals surface area contributed by atoms with Crippen molar-refractivity contribution >= 4 is 16.9 Å². The van der Waals surface area contributed by atoms with E-state index >= 15 is 0 Å². The van der Waals surface area contributed by atoms with Gasteiger partial charge in [-0.25, -0.2) is 4.98 Å². The van der Waals surface area contributed by atoms with Gasteiger partial charge in [-0.15, -0.1) is 0 Å². The molecular weight excluding hydrogens is 286 g/mol.